The molecule has 0 saturated heterocycles. The number of fused-ring (bicyclic) bond motifs is 1. The second-order valence-corrected chi connectivity index (χ2v) is 6.93. The van der Waals surface area contributed by atoms with Gasteiger partial charge in [-0.2, -0.15) is 4.31 Å². The average molecular weight is 269 g/mol. The fraction of sp³-hybridized carbons (Fsp3) is 0.538. The summed E-state index contributed by atoms with van der Waals surface area (Å²) >= 11 is 0. The maximum Gasteiger partial charge on any atom is 0.211 e. The summed E-state index contributed by atoms with van der Waals surface area (Å²) in [7, 11) is -3.11. The van der Waals surface area contributed by atoms with E-state index in [1.165, 1.54) is 16.1 Å². The fourth-order valence-corrected chi connectivity index (χ4v) is 2.93. The molecule has 0 bridgehead atoms. The van der Waals surface area contributed by atoms with Crippen LogP contribution in [-0.4, -0.2) is 31.6 Å². The van der Waals surface area contributed by atoms with Gasteiger partial charge in [0.05, 0.1) is 12.4 Å². The zero-order chi connectivity index (χ0) is 13.3. The highest BCUT2D eigenvalue weighted by Gasteiger charge is 2.23. The molecule has 0 N–H and O–H groups in total. The van der Waals surface area contributed by atoms with Crippen molar-refractivity contribution < 1.29 is 13.2 Å². The number of ether oxygens (including phenoxy) is 1. The smallest absolute Gasteiger partial charge is 0.211 e. The second kappa shape index (κ2) is 4.90. The summed E-state index contributed by atoms with van der Waals surface area (Å²) in [4.78, 5) is 0. The van der Waals surface area contributed by atoms with Crippen LogP contribution in [0.1, 0.15) is 25.0 Å². The van der Waals surface area contributed by atoms with Crippen LogP contribution in [0.4, 0.5) is 0 Å². The van der Waals surface area contributed by atoms with Crippen molar-refractivity contribution in [2.75, 3.05) is 12.8 Å². The number of hydrogen-bond donors (Lipinski definition) is 0. The van der Waals surface area contributed by atoms with Gasteiger partial charge in [0.1, 0.15) is 5.75 Å². The zero-order valence-corrected chi connectivity index (χ0v) is 11.8. The largest absolute Gasteiger partial charge is 0.491 e. The van der Waals surface area contributed by atoms with Gasteiger partial charge in [0.2, 0.25) is 10.0 Å². The Balaban J connectivity index is 2.24. The van der Waals surface area contributed by atoms with E-state index in [9.17, 15) is 8.42 Å². The van der Waals surface area contributed by atoms with Crippen LogP contribution >= 0.6 is 0 Å². The third-order valence-electron chi connectivity index (χ3n) is 3.00. The minimum atomic E-state index is -3.11. The molecule has 2 rings (SSSR count). The normalized spacial score (nSPS) is 16.7. The van der Waals surface area contributed by atoms with Gasteiger partial charge in [-0.25, -0.2) is 8.42 Å². The van der Waals surface area contributed by atoms with Crippen molar-refractivity contribution in [2.45, 2.75) is 32.9 Å². The quantitative estimate of drug-likeness (QED) is 0.840. The van der Waals surface area contributed by atoms with E-state index in [4.69, 9.17) is 4.74 Å². The van der Waals surface area contributed by atoms with E-state index in [1.54, 1.807) is 0 Å². The summed E-state index contributed by atoms with van der Waals surface area (Å²) in [6.07, 6.45) is 2.15. The van der Waals surface area contributed by atoms with Gasteiger partial charge < -0.3 is 4.74 Å². The molecule has 1 aromatic carbocycles. The van der Waals surface area contributed by atoms with Crippen LogP contribution in [0.2, 0.25) is 0 Å². The molecular formula is C13H19NO3S. The molecule has 0 radical (unpaired) electrons. The van der Waals surface area contributed by atoms with Crippen molar-refractivity contribution >= 4 is 10.0 Å². The Labute approximate surface area is 109 Å². The Hall–Kier alpha value is -1.07. The molecule has 0 spiro atoms. The maximum absolute atomic E-state index is 11.6. The number of hydrogen-bond acceptors (Lipinski definition) is 3. The van der Waals surface area contributed by atoms with Gasteiger partial charge in [-0.05, 0) is 43.5 Å². The molecule has 0 saturated carbocycles. The van der Waals surface area contributed by atoms with Crippen molar-refractivity contribution in [1.29, 1.82) is 0 Å². The van der Waals surface area contributed by atoms with Crippen molar-refractivity contribution in [3.63, 3.8) is 0 Å². The molecule has 1 aromatic rings. The number of nitrogens with zero attached hydrogens (tertiary/aromatic N) is 1. The van der Waals surface area contributed by atoms with E-state index in [2.05, 4.69) is 0 Å². The van der Waals surface area contributed by atoms with Crippen LogP contribution in [0.5, 0.6) is 5.75 Å². The standard InChI is InChI=1S/C13H19NO3S/c1-10(2)17-13-5-4-11-6-7-14(18(3,15)16)9-12(11)8-13/h4-5,8,10H,6-7,9H2,1-3H3. The third kappa shape index (κ3) is 3.03. The highest BCUT2D eigenvalue weighted by atomic mass is 32.2. The molecule has 1 heterocycles. The summed E-state index contributed by atoms with van der Waals surface area (Å²) in [5.41, 5.74) is 2.26. The Bertz CT molecular complexity index is 537. The summed E-state index contributed by atoms with van der Waals surface area (Å²) in [5.74, 6) is 0.805. The average Bonchev–Trinajstić information content (AvgIpc) is 2.26. The van der Waals surface area contributed by atoms with Crippen LogP contribution in [0.15, 0.2) is 18.2 Å². The summed E-state index contributed by atoms with van der Waals surface area (Å²) in [5, 5.41) is 0. The fourth-order valence-electron chi connectivity index (χ4n) is 2.14. The lowest BCUT2D eigenvalue weighted by Gasteiger charge is -2.27. The van der Waals surface area contributed by atoms with Crippen LogP contribution < -0.4 is 4.74 Å². The van der Waals surface area contributed by atoms with E-state index in [0.717, 1.165) is 17.7 Å². The molecule has 18 heavy (non-hydrogen) atoms. The molecule has 0 unspecified atom stereocenters. The monoisotopic (exact) mass is 269 g/mol. The third-order valence-corrected chi connectivity index (χ3v) is 4.25. The van der Waals surface area contributed by atoms with Gasteiger partial charge in [0.15, 0.2) is 0 Å². The molecule has 1 aliphatic heterocycles. The predicted octanol–water partition coefficient (Wildman–Crippen LogP) is 1.79. The molecule has 0 amide bonds. The van der Waals surface area contributed by atoms with Crippen LogP contribution in [0.3, 0.4) is 0 Å². The Morgan fingerprint density at radius 3 is 2.61 bits per heavy atom. The molecule has 0 aliphatic carbocycles. The van der Waals surface area contributed by atoms with Gasteiger partial charge in [-0.3, -0.25) is 0 Å². The molecular weight excluding hydrogens is 250 g/mol. The first kappa shape index (κ1) is 13.4. The van der Waals surface area contributed by atoms with Crippen molar-refractivity contribution in [3.05, 3.63) is 29.3 Å². The van der Waals surface area contributed by atoms with E-state index >= 15 is 0 Å². The zero-order valence-electron chi connectivity index (χ0n) is 11.0. The van der Waals surface area contributed by atoms with E-state index in [1.807, 2.05) is 32.0 Å². The molecule has 0 atom stereocenters. The van der Waals surface area contributed by atoms with Crippen LogP contribution in [0.25, 0.3) is 0 Å². The number of benzene rings is 1. The van der Waals surface area contributed by atoms with Crippen LogP contribution in [-0.2, 0) is 23.0 Å². The predicted molar refractivity (Wildman–Crippen MR) is 71.2 cm³/mol. The lowest BCUT2D eigenvalue weighted by molar-refractivity contribution is 0.241. The molecule has 1 aliphatic rings. The summed E-state index contributed by atoms with van der Waals surface area (Å²) in [6.45, 7) is 4.96. The second-order valence-electron chi connectivity index (χ2n) is 4.94. The Kier molecular flexibility index (Phi) is 3.64. The number of rotatable bonds is 3. The van der Waals surface area contributed by atoms with Gasteiger partial charge in [-0.1, -0.05) is 6.07 Å². The van der Waals surface area contributed by atoms with Crippen molar-refractivity contribution in [1.82, 2.24) is 4.31 Å². The lowest BCUT2D eigenvalue weighted by atomic mass is 10.0. The summed E-state index contributed by atoms with van der Waals surface area (Å²) in [6, 6.07) is 5.94. The molecule has 4 nitrogen and oxygen atoms in total. The first-order valence-electron chi connectivity index (χ1n) is 6.10. The van der Waals surface area contributed by atoms with Gasteiger partial charge in [-0.15, -0.1) is 0 Å². The van der Waals surface area contributed by atoms with E-state index < -0.39 is 10.0 Å². The lowest BCUT2D eigenvalue weighted by Crippen LogP contribution is -2.35. The number of sulfonamides is 1. The van der Waals surface area contributed by atoms with Gasteiger partial charge in [0, 0.05) is 13.1 Å². The van der Waals surface area contributed by atoms with Crippen molar-refractivity contribution in [3.8, 4) is 5.75 Å². The highest BCUT2D eigenvalue weighted by Crippen LogP contribution is 2.25. The van der Waals surface area contributed by atoms with Crippen LogP contribution in [0, 0.1) is 0 Å². The molecule has 0 fully saturated rings. The van der Waals surface area contributed by atoms with Gasteiger partial charge >= 0.3 is 0 Å². The Morgan fingerprint density at radius 2 is 2.00 bits per heavy atom. The maximum atomic E-state index is 11.6. The Morgan fingerprint density at radius 1 is 1.28 bits per heavy atom. The van der Waals surface area contributed by atoms with E-state index in [-0.39, 0.29) is 6.10 Å². The molecule has 5 heteroatoms. The highest BCUT2D eigenvalue weighted by molar-refractivity contribution is 7.88. The van der Waals surface area contributed by atoms with Crippen molar-refractivity contribution in [2.24, 2.45) is 0 Å². The first-order valence-corrected chi connectivity index (χ1v) is 7.94. The van der Waals surface area contributed by atoms with Gasteiger partial charge in [0.25, 0.3) is 0 Å². The SMILES string of the molecule is CC(C)Oc1ccc2c(c1)CN(S(C)(=O)=O)CC2. The first-order chi connectivity index (χ1) is 8.36. The molecule has 0 aromatic heterocycles. The minimum Gasteiger partial charge on any atom is -0.491 e. The summed E-state index contributed by atoms with van der Waals surface area (Å²) < 4.78 is 30.2. The molecule has 100 valence electrons. The topological polar surface area (TPSA) is 46.6 Å². The van der Waals surface area contributed by atoms with E-state index in [0.29, 0.717) is 13.1 Å². The minimum absolute atomic E-state index is 0.123.